The zero-order valence-electron chi connectivity index (χ0n) is 19.8. The number of carbonyl (C=O) groups is 3. The molecule has 1 aromatic heterocycles. The van der Waals surface area contributed by atoms with Gasteiger partial charge < -0.3 is 10.6 Å². The Morgan fingerprint density at radius 3 is 2.23 bits per heavy atom. The molecule has 0 spiro atoms. The van der Waals surface area contributed by atoms with Crippen LogP contribution in [0.3, 0.4) is 0 Å². The quantitative estimate of drug-likeness (QED) is 0.333. The predicted molar refractivity (Wildman–Crippen MR) is 139 cm³/mol. The number of aryl methyl sites for hydroxylation is 1. The molecule has 1 aliphatic rings. The molecule has 2 N–H and O–H groups in total. The number of urea groups is 1. The van der Waals surface area contributed by atoms with Crippen molar-refractivity contribution in [1.29, 1.82) is 0 Å². The van der Waals surface area contributed by atoms with Gasteiger partial charge in [-0.2, -0.15) is 0 Å². The molecule has 0 bridgehead atoms. The number of hydrogen-bond donors (Lipinski definition) is 2. The minimum Gasteiger partial charge on any atom is -0.308 e. The third-order valence-corrected chi connectivity index (χ3v) is 6.82. The fourth-order valence-electron chi connectivity index (χ4n) is 4.07. The Morgan fingerprint density at radius 1 is 0.857 bits per heavy atom. The number of imide groups is 1. The average Bonchev–Trinajstić information content (AvgIpc) is 3.32. The first-order valence-electron chi connectivity index (χ1n) is 11.2. The number of amides is 4. The fraction of sp³-hybridized carbons (Fsp3) is 0.185. The van der Waals surface area contributed by atoms with E-state index in [9.17, 15) is 14.4 Å². The average molecular weight is 485 g/mol. The van der Waals surface area contributed by atoms with Crippen molar-refractivity contribution in [2.24, 2.45) is 0 Å². The minimum atomic E-state index is -0.630. The second-order valence-corrected chi connectivity index (χ2v) is 10.6. The highest BCUT2D eigenvalue weighted by Crippen LogP contribution is 2.32. The Labute approximate surface area is 206 Å². The molecular formula is C27H24N4O3S. The molecule has 0 saturated carbocycles. The van der Waals surface area contributed by atoms with Gasteiger partial charge >= 0.3 is 6.03 Å². The van der Waals surface area contributed by atoms with Gasteiger partial charge in [-0.1, -0.05) is 6.07 Å². The van der Waals surface area contributed by atoms with E-state index >= 15 is 0 Å². The molecule has 176 valence electrons. The van der Waals surface area contributed by atoms with Crippen molar-refractivity contribution in [1.82, 2.24) is 9.88 Å². The molecule has 4 amide bonds. The molecule has 0 fully saturated rings. The number of benzene rings is 3. The first-order valence-corrected chi connectivity index (χ1v) is 12.0. The molecule has 0 unspecified atom stereocenters. The third kappa shape index (κ3) is 4.28. The van der Waals surface area contributed by atoms with Crippen LogP contribution in [-0.2, 0) is 0 Å². The zero-order chi connectivity index (χ0) is 24.9. The smallest absolute Gasteiger partial charge is 0.308 e. The summed E-state index contributed by atoms with van der Waals surface area (Å²) in [5.74, 6) is -0.681. The molecular weight excluding hydrogens is 460 g/mol. The lowest BCUT2D eigenvalue weighted by Crippen LogP contribution is -2.45. The molecule has 35 heavy (non-hydrogen) atoms. The van der Waals surface area contributed by atoms with Crippen molar-refractivity contribution in [3.8, 4) is 10.6 Å². The Balaban J connectivity index is 1.28. The highest BCUT2D eigenvalue weighted by Gasteiger charge is 2.41. The molecule has 8 heteroatoms. The predicted octanol–water partition coefficient (Wildman–Crippen LogP) is 6.31. The van der Waals surface area contributed by atoms with E-state index in [-0.39, 0.29) is 17.4 Å². The summed E-state index contributed by atoms with van der Waals surface area (Å²) in [6, 6.07) is 18.0. The molecule has 2 heterocycles. The van der Waals surface area contributed by atoms with E-state index in [1.165, 1.54) is 10.5 Å². The number of rotatable bonds is 3. The number of thiazole rings is 1. The van der Waals surface area contributed by atoms with Gasteiger partial charge in [0, 0.05) is 22.5 Å². The number of anilines is 2. The van der Waals surface area contributed by atoms with Gasteiger partial charge in [0.1, 0.15) is 5.01 Å². The van der Waals surface area contributed by atoms with Crippen LogP contribution in [0.5, 0.6) is 0 Å². The highest BCUT2D eigenvalue weighted by atomic mass is 32.1. The lowest BCUT2D eigenvalue weighted by atomic mass is 10.1. The van der Waals surface area contributed by atoms with Gasteiger partial charge in [-0.05, 0) is 87.9 Å². The monoisotopic (exact) mass is 484 g/mol. The summed E-state index contributed by atoms with van der Waals surface area (Å²) in [5.41, 5.74) is 4.19. The maximum Gasteiger partial charge on any atom is 0.323 e. The second kappa shape index (κ2) is 8.32. The molecule has 7 nitrogen and oxygen atoms in total. The van der Waals surface area contributed by atoms with E-state index < -0.39 is 11.6 Å². The number of aromatic nitrogens is 1. The number of hydrogen-bond acceptors (Lipinski definition) is 5. The maximum atomic E-state index is 12.8. The number of fused-ring (bicyclic) bond motifs is 2. The summed E-state index contributed by atoms with van der Waals surface area (Å²) in [6.07, 6.45) is 0. The van der Waals surface area contributed by atoms with Crippen LogP contribution in [0.1, 0.15) is 47.1 Å². The van der Waals surface area contributed by atoms with Crippen LogP contribution in [0, 0.1) is 6.92 Å². The molecule has 0 saturated heterocycles. The Morgan fingerprint density at radius 2 is 1.51 bits per heavy atom. The van der Waals surface area contributed by atoms with E-state index in [0.29, 0.717) is 16.9 Å². The first kappa shape index (κ1) is 22.7. The van der Waals surface area contributed by atoms with Crippen LogP contribution < -0.4 is 10.6 Å². The third-order valence-electron chi connectivity index (χ3n) is 5.75. The molecule has 1 aliphatic heterocycles. The summed E-state index contributed by atoms with van der Waals surface area (Å²) >= 11 is 1.63. The highest BCUT2D eigenvalue weighted by molar-refractivity contribution is 7.21. The van der Waals surface area contributed by atoms with Crippen molar-refractivity contribution >= 4 is 50.8 Å². The summed E-state index contributed by atoms with van der Waals surface area (Å²) in [7, 11) is 0. The van der Waals surface area contributed by atoms with Crippen LogP contribution in [0.25, 0.3) is 20.8 Å². The molecule has 3 aromatic carbocycles. The topological polar surface area (TPSA) is 91.4 Å². The van der Waals surface area contributed by atoms with Gasteiger partial charge in [-0.25, -0.2) is 9.78 Å². The van der Waals surface area contributed by atoms with Crippen molar-refractivity contribution in [3.05, 3.63) is 77.4 Å². The summed E-state index contributed by atoms with van der Waals surface area (Å²) < 4.78 is 1.14. The Bertz CT molecular complexity index is 1500. The van der Waals surface area contributed by atoms with E-state index in [0.717, 1.165) is 20.8 Å². The van der Waals surface area contributed by atoms with Crippen LogP contribution in [0.15, 0.2) is 60.7 Å². The summed E-state index contributed by atoms with van der Waals surface area (Å²) in [6.45, 7) is 7.49. The molecule has 4 aromatic rings. The number of nitrogens with zero attached hydrogens (tertiary/aromatic N) is 2. The van der Waals surface area contributed by atoms with Crippen molar-refractivity contribution < 1.29 is 14.4 Å². The lowest BCUT2D eigenvalue weighted by Gasteiger charge is -2.29. The van der Waals surface area contributed by atoms with E-state index in [1.807, 2.05) is 57.2 Å². The Hall–Kier alpha value is -4.04. The molecule has 0 radical (unpaired) electrons. The van der Waals surface area contributed by atoms with Crippen LogP contribution in [0.4, 0.5) is 16.2 Å². The van der Waals surface area contributed by atoms with Crippen LogP contribution in [0.2, 0.25) is 0 Å². The number of carbonyl (C=O) groups excluding carboxylic acids is 3. The van der Waals surface area contributed by atoms with Gasteiger partial charge in [0.25, 0.3) is 11.8 Å². The molecule has 0 atom stereocenters. The standard InChI is InChI=1S/C27H24N4O3S/c1-15-5-12-21-22(13-15)35-23(30-21)16-6-8-17(9-7-16)28-26(34)29-18-10-11-19-20(14-18)25(33)31(24(19)32)27(2,3)4/h5-14H,1-4H3,(H2,28,29,34). The first-order chi connectivity index (χ1) is 16.6. The van der Waals surface area contributed by atoms with Crippen molar-refractivity contribution in [2.75, 3.05) is 10.6 Å². The van der Waals surface area contributed by atoms with Gasteiger partial charge in [0.05, 0.1) is 21.3 Å². The van der Waals surface area contributed by atoms with Crippen molar-refractivity contribution in [2.45, 2.75) is 33.2 Å². The van der Waals surface area contributed by atoms with E-state index in [1.54, 1.807) is 29.5 Å². The maximum absolute atomic E-state index is 12.8. The Kier molecular flexibility index (Phi) is 5.40. The van der Waals surface area contributed by atoms with E-state index in [2.05, 4.69) is 23.6 Å². The normalized spacial score (nSPS) is 13.3. The SMILES string of the molecule is Cc1ccc2nc(-c3ccc(NC(=O)Nc4ccc5c(c4)C(=O)N(C(C)(C)C)C5=O)cc3)sc2c1. The number of nitrogens with one attached hydrogen (secondary N) is 2. The second-order valence-electron chi connectivity index (χ2n) is 9.52. The summed E-state index contributed by atoms with van der Waals surface area (Å²) in [4.78, 5) is 43.9. The zero-order valence-corrected chi connectivity index (χ0v) is 20.6. The van der Waals surface area contributed by atoms with Gasteiger partial charge in [0.15, 0.2) is 0 Å². The van der Waals surface area contributed by atoms with Crippen molar-refractivity contribution in [3.63, 3.8) is 0 Å². The minimum absolute atomic E-state index is 0.290. The van der Waals surface area contributed by atoms with Gasteiger partial charge in [0.2, 0.25) is 0 Å². The largest absolute Gasteiger partial charge is 0.323 e. The lowest BCUT2D eigenvalue weighted by molar-refractivity contribution is 0.0507. The molecule has 5 rings (SSSR count). The molecule has 0 aliphatic carbocycles. The van der Waals surface area contributed by atoms with Gasteiger partial charge in [-0.15, -0.1) is 11.3 Å². The van der Waals surface area contributed by atoms with Gasteiger partial charge in [-0.3, -0.25) is 14.5 Å². The van der Waals surface area contributed by atoms with Crippen LogP contribution in [-0.4, -0.2) is 33.3 Å². The van der Waals surface area contributed by atoms with E-state index in [4.69, 9.17) is 4.98 Å². The van der Waals surface area contributed by atoms with Crippen LogP contribution >= 0.6 is 11.3 Å². The summed E-state index contributed by atoms with van der Waals surface area (Å²) in [5, 5.41) is 6.45. The fourth-order valence-corrected chi connectivity index (χ4v) is 5.14.